The van der Waals surface area contributed by atoms with Crippen molar-refractivity contribution in [2.75, 3.05) is 18.2 Å². The molecule has 186 valence electrons. The van der Waals surface area contributed by atoms with Gasteiger partial charge in [-0.3, -0.25) is 9.48 Å². The summed E-state index contributed by atoms with van der Waals surface area (Å²) < 4.78 is 13.0. The Morgan fingerprint density at radius 2 is 1.78 bits per heavy atom. The van der Waals surface area contributed by atoms with Gasteiger partial charge in [0.15, 0.2) is 0 Å². The molecule has 0 atom stereocenters. The number of anilines is 1. The van der Waals surface area contributed by atoms with Crippen molar-refractivity contribution < 1.29 is 13.9 Å². The van der Waals surface area contributed by atoms with Gasteiger partial charge in [-0.25, -0.2) is 0 Å². The van der Waals surface area contributed by atoms with Gasteiger partial charge in [0.1, 0.15) is 11.4 Å². The first-order valence-electron chi connectivity index (χ1n) is 11.4. The van der Waals surface area contributed by atoms with Crippen LogP contribution < -0.4 is 10.1 Å². The van der Waals surface area contributed by atoms with Crippen molar-refractivity contribution in [2.45, 2.75) is 11.8 Å². The summed E-state index contributed by atoms with van der Waals surface area (Å²) in [5, 5.41) is 16.7. The molecule has 10 heteroatoms. The van der Waals surface area contributed by atoms with Crippen molar-refractivity contribution in [3.05, 3.63) is 95.5 Å². The lowest BCUT2D eigenvalue weighted by molar-refractivity contribution is -0.113. The summed E-state index contributed by atoms with van der Waals surface area (Å²) in [5.74, 6) is 0.948. The van der Waals surface area contributed by atoms with Crippen LogP contribution in [0.15, 0.2) is 94.6 Å². The highest BCUT2D eigenvalue weighted by molar-refractivity contribution is 7.99. The number of benzene rings is 3. The summed E-state index contributed by atoms with van der Waals surface area (Å²) in [6, 6.07) is 26.7. The van der Waals surface area contributed by atoms with Gasteiger partial charge in [-0.05, 0) is 48.0 Å². The highest BCUT2D eigenvalue weighted by Gasteiger charge is 2.19. The maximum Gasteiger partial charge on any atom is 0.277 e. The monoisotopic (exact) mass is 531 g/mol. The Bertz CT molecular complexity index is 1500. The van der Waals surface area contributed by atoms with E-state index in [4.69, 9.17) is 25.9 Å². The zero-order valence-electron chi connectivity index (χ0n) is 19.8. The summed E-state index contributed by atoms with van der Waals surface area (Å²) in [6.07, 6.45) is 0. The zero-order valence-corrected chi connectivity index (χ0v) is 21.4. The lowest BCUT2D eigenvalue weighted by Gasteiger charge is -2.05. The average molecular weight is 532 g/mol. The van der Waals surface area contributed by atoms with Crippen molar-refractivity contribution in [1.29, 1.82) is 0 Å². The van der Waals surface area contributed by atoms with E-state index in [1.807, 2.05) is 65.3 Å². The molecule has 0 saturated heterocycles. The molecule has 5 rings (SSSR count). The number of aromatic nitrogens is 4. The quantitative estimate of drug-likeness (QED) is 0.232. The SMILES string of the molecule is COc1ccc(-c2cc(-c3nnc(SCC(=O)Nc4ccccc4Cl)o3)n(Cc3ccccc3)n2)cc1. The van der Waals surface area contributed by atoms with E-state index < -0.39 is 0 Å². The smallest absolute Gasteiger partial charge is 0.277 e. The van der Waals surface area contributed by atoms with Gasteiger partial charge in [-0.2, -0.15) is 5.10 Å². The summed E-state index contributed by atoms with van der Waals surface area (Å²) in [4.78, 5) is 12.4. The van der Waals surface area contributed by atoms with Gasteiger partial charge >= 0.3 is 0 Å². The molecule has 0 aliphatic heterocycles. The Morgan fingerprint density at radius 3 is 2.54 bits per heavy atom. The number of nitrogens with one attached hydrogen (secondary N) is 1. The van der Waals surface area contributed by atoms with Crippen LogP contribution >= 0.6 is 23.4 Å². The number of carbonyl (C=O) groups is 1. The number of amides is 1. The van der Waals surface area contributed by atoms with E-state index in [1.54, 1.807) is 31.4 Å². The normalized spacial score (nSPS) is 10.9. The fraction of sp³-hybridized carbons (Fsp3) is 0.111. The number of hydrogen-bond donors (Lipinski definition) is 1. The molecular formula is C27H22ClN5O3S. The molecular weight excluding hydrogens is 510 g/mol. The minimum absolute atomic E-state index is 0.0905. The lowest BCUT2D eigenvalue weighted by atomic mass is 10.1. The van der Waals surface area contributed by atoms with Gasteiger partial charge < -0.3 is 14.5 Å². The highest BCUT2D eigenvalue weighted by Crippen LogP contribution is 2.29. The van der Waals surface area contributed by atoms with Gasteiger partial charge in [0.05, 0.1) is 35.8 Å². The van der Waals surface area contributed by atoms with Crippen LogP contribution in [-0.4, -0.2) is 38.7 Å². The molecule has 0 aliphatic carbocycles. The van der Waals surface area contributed by atoms with Gasteiger partial charge in [-0.15, -0.1) is 10.2 Å². The number of rotatable bonds is 9. The Kier molecular flexibility index (Phi) is 7.53. The van der Waals surface area contributed by atoms with Crippen LogP contribution in [0.25, 0.3) is 22.8 Å². The van der Waals surface area contributed by atoms with Gasteiger partial charge in [-0.1, -0.05) is 65.8 Å². The van der Waals surface area contributed by atoms with Crippen molar-refractivity contribution >= 4 is 35.0 Å². The molecule has 8 nitrogen and oxygen atoms in total. The van der Waals surface area contributed by atoms with Crippen molar-refractivity contribution in [2.24, 2.45) is 0 Å². The van der Waals surface area contributed by atoms with E-state index in [2.05, 4.69) is 15.5 Å². The van der Waals surface area contributed by atoms with Crippen LogP contribution in [0.4, 0.5) is 5.69 Å². The fourth-order valence-electron chi connectivity index (χ4n) is 3.62. The van der Waals surface area contributed by atoms with Crippen LogP contribution in [0.3, 0.4) is 0 Å². The highest BCUT2D eigenvalue weighted by atomic mass is 35.5. The first-order valence-corrected chi connectivity index (χ1v) is 12.7. The van der Waals surface area contributed by atoms with Crippen LogP contribution in [0, 0.1) is 0 Å². The summed E-state index contributed by atoms with van der Waals surface area (Å²) in [5.41, 5.74) is 4.00. The second-order valence-corrected chi connectivity index (χ2v) is 9.31. The molecule has 0 aliphatic rings. The molecule has 0 unspecified atom stereocenters. The lowest BCUT2D eigenvalue weighted by Crippen LogP contribution is -2.14. The molecule has 0 spiro atoms. The topological polar surface area (TPSA) is 95.1 Å². The molecule has 37 heavy (non-hydrogen) atoms. The van der Waals surface area contributed by atoms with Crippen LogP contribution in [-0.2, 0) is 11.3 Å². The number of methoxy groups -OCH3 is 1. The van der Waals surface area contributed by atoms with E-state index in [-0.39, 0.29) is 16.9 Å². The Labute approximate surface area is 222 Å². The fourth-order valence-corrected chi connectivity index (χ4v) is 4.36. The van der Waals surface area contributed by atoms with Crippen molar-refractivity contribution in [3.8, 4) is 28.6 Å². The third-order valence-corrected chi connectivity index (χ3v) is 6.59. The minimum atomic E-state index is -0.228. The van der Waals surface area contributed by atoms with Gasteiger partial charge in [0, 0.05) is 5.56 Å². The first-order chi connectivity index (χ1) is 18.1. The van der Waals surface area contributed by atoms with E-state index in [0.29, 0.717) is 28.8 Å². The summed E-state index contributed by atoms with van der Waals surface area (Å²) in [6.45, 7) is 0.525. The molecule has 0 bridgehead atoms. The third-order valence-electron chi connectivity index (χ3n) is 5.44. The van der Waals surface area contributed by atoms with Gasteiger partial charge in [0.2, 0.25) is 5.91 Å². The van der Waals surface area contributed by atoms with Crippen molar-refractivity contribution in [3.63, 3.8) is 0 Å². The molecule has 3 aromatic carbocycles. The molecule has 0 fully saturated rings. The number of thioether (sulfide) groups is 1. The largest absolute Gasteiger partial charge is 0.497 e. The standard InChI is InChI=1S/C27H22ClN5O3S/c1-35-20-13-11-19(12-14-20)23-15-24(33(32-23)16-18-7-3-2-4-8-18)26-30-31-27(36-26)37-17-25(34)29-22-10-6-5-9-21(22)28/h2-15H,16-17H2,1H3,(H,29,34). The summed E-state index contributed by atoms with van der Waals surface area (Å²) >= 11 is 7.26. The van der Waals surface area contributed by atoms with Crippen LogP contribution in [0.2, 0.25) is 5.02 Å². The Hall–Kier alpha value is -4.08. The van der Waals surface area contributed by atoms with E-state index >= 15 is 0 Å². The molecule has 1 amide bonds. The predicted molar refractivity (Wildman–Crippen MR) is 144 cm³/mol. The zero-order chi connectivity index (χ0) is 25.6. The van der Waals surface area contributed by atoms with E-state index in [0.717, 1.165) is 34.3 Å². The number of halogens is 1. The Morgan fingerprint density at radius 1 is 1.03 bits per heavy atom. The average Bonchev–Trinajstić information content (AvgIpc) is 3.57. The number of para-hydroxylation sites is 1. The van der Waals surface area contributed by atoms with E-state index in [9.17, 15) is 4.79 Å². The summed E-state index contributed by atoms with van der Waals surface area (Å²) in [7, 11) is 1.63. The second-order valence-electron chi connectivity index (χ2n) is 7.98. The van der Waals surface area contributed by atoms with Gasteiger partial charge in [0.25, 0.3) is 11.1 Å². The Balaban J connectivity index is 1.36. The maximum atomic E-state index is 12.4. The number of hydrogen-bond acceptors (Lipinski definition) is 7. The van der Waals surface area contributed by atoms with E-state index in [1.165, 1.54) is 0 Å². The van der Waals surface area contributed by atoms with Crippen molar-refractivity contribution in [1.82, 2.24) is 20.0 Å². The first kappa shape index (κ1) is 24.6. The van der Waals surface area contributed by atoms with Crippen LogP contribution in [0.1, 0.15) is 5.56 Å². The predicted octanol–water partition coefficient (Wildman–Crippen LogP) is 6.04. The number of ether oxygens (including phenoxy) is 1. The molecule has 2 heterocycles. The molecule has 5 aromatic rings. The second kappa shape index (κ2) is 11.3. The molecule has 1 N–H and O–H groups in total. The number of nitrogens with zero attached hydrogens (tertiary/aromatic N) is 4. The molecule has 0 radical (unpaired) electrons. The minimum Gasteiger partial charge on any atom is -0.497 e. The molecule has 2 aromatic heterocycles. The maximum absolute atomic E-state index is 12.4. The molecule has 0 saturated carbocycles. The number of carbonyl (C=O) groups excluding carboxylic acids is 1. The van der Waals surface area contributed by atoms with Crippen LogP contribution in [0.5, 0.6) is 5.75 Å². The third kappa shape index (κ3) is 6.02.